The number of fused-ring (bicyclic) bond motifs is 1. The smallest absolute Gasteiger partial charge is 0.327 e. The number of para-hydroxylation sites is 1. The van der Waals surface area contributed by atoms with Crippen molar-refractivity contribution in [3.05, 3.63) is 30.6 Å². The van der Waals surface area contributed by atoms with Gasteiger partial charge in [0.05, 0.1) is 18.7 Å². The third kappa shape index (κ3) is 3.32. The fourth-order valence-electron chi connectivity index (χ4n) is 3.88. The van der Waals surface area contributed by atoms with Crippen LogP contribution in [0.5, 0.6) is 0 Å². The number of rotatable bonds is 5. The Kier molecular flexibility index (Phi) is 4.89. The Hall–Kier alpha value is -2.74. The normalized spacial score (nSPS) is 18.8. The van der Waals surface area contributed by atoms with Gasteiger partial charge in [-0.2, -0.15) is 0 Å². The van der Waals surface area contributed by atoms with Gasteiger partial charge in [0.2, 0.25) is 5.91 Å². The fourth-order valence-corrected chi connectivity index (χ4v) is 3.88. The van der Waals surface area contributed by atoms with Crippen molar-refractivity contribution in [3.63, 3.8) is 0 Å². The molecule has 2 aromatic rings. The van der Waals surface area contributed by atoms with E-state index < -0.39 is 0 Å². The number of hydrogen-bond acceptors (Lipinski definition) is 6. The molecule has 0 atom stereocenters. The molecule has 2 aliphatic heterocycles. The number of carbonyl (C=O) groups excluding carboxylic acids is 2. The molecule has 0 saturated carbocycles. The Balaban J connectivity index is 1.43. The van der Waals surface area contributed by atoms with Crippen molar-refractivity contribution in [2.45, 2.75) is 18.9 Å². The summed E-state index contributed by atoms with van der Waals surface area (Å²) in [6, 6.07) is 7.87. The summed E-state index contributed by atoms with van der Waals surface area (Å²) in [7, 11) is 1.56. The summed E-state index contributed by atoms with van der Waals surface area (Å²) < 4.78 is 5.00. The number of benzene rings is 1. The van der Waals surface area contributed by atoms with Gasteiger partial charge in [-0.15, -0.1) is 0 Å². The van der Waals surface area contributed by atoms with Crippen molar-refractivity contribution < 1.29 is 14.3 Å². The van der Waals surface area contributed by atoms with Crippen LogP contribution in [0.15, 0.2) is 30.6 Å². The van der Waals surface area contributed by atoms with Gasteiger partial charge >= 0.3 is 6.03 Å². The molecular formula is C19H23N5O3. The zero-order valence-electron chi connectivity index (χ0n) is 15.4. The first kappa shape index (κ1) is 17.7. The fraction of sp³-hybridized carbons (Fsp3) is 0.474. The van der Waals surface area contributed by atoms with E-state index >= 15 is 0 Å². The molecule has 4 rings (SSSR count). The van der Waals surface area contributed by atoms with E-state index in [0.29, 0.717) is 13.2 Å². The van der Waals surface area contributed by atoms with Crippen LogP contribution in [0.3, 0.4) is 0 Å². The second kappa shape index (κ2) is 7.48. The predicted molar refractivity (Wildman–Crippen MR) is 100 cm³/mol. The lowest BCUT2D eigenvalue weighted by Gasteiger charge is -2.37. The lowest BCUT2D eigenvalue weighted by Crippen LogP contribution is -2.47. The number of nitrogens with zero attached hydrogens (tertiary/aromatic N) is 5. The molecule has 0 bridgehead atoms. The van der Waals surface area contributed by atoms with E-state index in [1.54, 1.807) is 18.3 Å². The number of aromatic nitrogens is 2. The number of piperidine rings is 1. The highest BCUT2D eigenvalue weighted by Crippen LogP contribution is 2.28. The minimum absolute atomic E-state index is 0.0818. The van der Waals surface area contributed by atoms with Crippen molar-refractivity contribution in [3.8, 4) is 0 Å². The van der Waals surface area contributed by atoms with Gasteiger partial charge < -0.3 is 14.5 Å². The van der Waals surface area contributed by atoms with E-state index in [2.05, 4.69) is 14.9 Å². The molecule has 2 saturated heterocycles. The number of urea groups is 1. The van der Waals surface area contributed by atoms with Crippen molar-refractivity contribution in [2.75, 3.05) is 44.8 Å². The number of imide groups is 1. The number of hydrogen-bond donors (Lipinski definition) is 0. The lowest BCUT2D eigenvalue weighted by molar-refractivity contribution is -0.125. The average Bonchev–Trinajstić information content (AvgIpc) is 2.99. The monoisotopic (exact) mass is 369 g/mol. The minimum Gasteiger partial charge on any atom is -0.383 e. The molecule has 1 aromatic heterocycles. The van der Waals surface area contributed by atoms with Crippen molar-refractivity contribution in [1.29, 1.82) is 0 Å². The third-order valence-electron chi connectivity index (χ3n) is 5.33. The van der Waals surface area contributed by atoms with E-state index in [9.17, 15) is 9.59 Å². The summed E-state index contributed by atoms with van der Waals surface area (Å²) in [4.78, 5) is 38.8. The Morgan fingerprint density at radius 2 is 1.93 bits per heavy atom. The van der Waals surface area contributed by atoms with Gasteiger partial charge in [0.15, 0.2) is 0 Å². The molecule has 8 heteroatoms. The second-order valence-corrected chi connectivity index (χ2v) is 6.88. The zero-order valence-corrected chi connectivity index (χ0v) is 15.4. The van der Waals surface area contributed by atoms with Gasteiger partial charge in [-0.1, -0.05) is 12.1 Å². The zero-order chi connectivity index (χ0) is 18.8. The van der Waals surface area contributed by atoms with Gasteiger partial charge in [0, 0.05) is 31.6 Å². The van der Waals surface area contributed by atoms with Crippen LogP contribution in [0.4, 0.5) is 10.6 Å². The number of anilines is 1. The molecule has 0 aliphatic carbocycles. The van der Waals surface area contributed by atoms with Gasteiger partial charge in [-0.3, -0.25) is 9.69 Å². The Bertz CT molecular complexity index is 845. The molecule has 3 heterocycles. The third-order valence-corrected chi connectivity index (χ3v) is 5.33. The molecule has 3 amide bonds. The molecule has 8 nitrogen and oxygen atoms in total. The first-order valence-corrected chi connectivity index (χ1v) is 9.23. The van der Waals surface area contributed by atoms with Gasteiger partial charge in [-0.05, 0) is 25.0 Å². The number of ether oxygens (including phenoxy) is 1. The topological polar surface area (TPSA) is 78.9 Å². The maximum Gasteiger partial charge on any atom is 0.327 e. The van der Waals surface area contributed by atoms with Crippen LogP contribution < -0.4 is 4.90 Å². The highest BCUT2D eigenvalue weighted by Gasteiger charge is 2.40. The van der Waals surface area contributed by atoms with Crippen molar-refractivity contribution >= 4 is 28.7 Å². The molecule has 0 unspecified atom stereocenters. The summed E-state index contributed by atoms with van der Waals surface area (Å²) >= 11 is 0. The average molecular weight is 369 g/mol. The molecular weight excluding hydrogens is 346 g/mol. The summed E-state index contributed by atoms with van der Waals surface area (Å²) in [5.41, 5.74) is 0.929. The number of methoxy groups -OCH3 is 1. The molecule has 0 radical (unpaired) electrons. The van der Waals surface area contributed by atoms with Crippen molar-refractivity contribution in [2.24, 2.45) is 0 Å². The van der Waals surface area contributed by atoms with Gasteiger partial charge in [0.1, 0.15) is 18.7 Å². The van der Waals surface area contributed by atoms with E-state index in [1.165, 1.54) is 4.90 Å². The van der Waals surface area contributed by atoms with Crippen LogP contribution >= 0.6 is 0 Å². The van der Waals surface area contributed by atoms with Crippen LogP contribution in [0.25, 0.3) is 10.9 Å². The number of carbonyl (C=O) groups is 2. The lowest BCUT2D eigenvalue weighted by atomic mass is 10.0. The second-order valence-electron chi connectivity index (χ2n) is 6.88. The summed E-state index contributed by atoms with van der Waals surface area (Å²) in [5.74, 6) is 0.797. The quantitative estimate of drug-likeness (QED) is 0.744. The van der Waals surface area contributed by atoms with Crippen molar-refractivity contribution in [1.82, 2.24) is 19.8 Å². The Morgan fingerprint density at radius 3 is 2.70 bits per heavy atom. The van der Waals surface area contributed by atoms with E-state index in [1.807, 2.05) is 24.3 Å². The summed E-state index contributed by atoms with van der Waals surface area (Å²) in [6.45, 7) is 2.44. The van der Waals surface area contributed by atoms with E-state index in [0.717, 1.165) is 42.7 Å². The maximum absolute atomic E-state index is 12.6. The van der Waals surface area contributed by atoms with E-state index in [4.69, 9.17) is 4.74 Å². The van der Waals surface area contributed by atoms with Gasteiger partial charge in [0.25, 0.3) is 0 Å². The molecule has 0 N–H and O–H groups in total. The predicted octanol–water partition coefficient (Wildman–Crippen LogP) is 1.51. The van der Waals surface area contributed by atoms with Crippen LogP contribution in [0.1, 0.15) is 12.8 Å². The molecule has 27 heavy (non-hydrogen) atoms. The molecule has 142 valence electrons. The SMILES string of the molecule is COCCN1C(=O)CN(C2CCN(c3ncnc4ccccc34)CC2)C1=O. The van der Waals surface area contributed by atoms with Gasteiger partial charge in [-0.25, -0.2) is 14.8 Å². The first-order valence-electron chi connectivity index (χ1n) is 9.23. The highest BCUT2D eigenvalue weighted by atomic mass is 16.5. The highest BCUT2D eigenvalue weighted by molar-refractivity contribution is 6.02. The minimum atomic E-state index is -0.192. The largest absolute Gasteiger partial charge is 0.383 e. The molecule has 2 fully saturated rings. The van der Waals surface area contributed by atoms with Crippen LogP contribution in [-0.4, -0.2) is 77.6 Å². The first-order chi connectivity index (χ1) is 13.2. The Morgan fingerprint density at radius 1 is 1.15 bits per heavy atom. The Labute approximate surface area is 157 Å². The summed E-state index contributed by atoms with van der Waals surface area (Å²) in [5, 5.41) is 1.04. The molecule has 0 spiro atoms. The summed E-state index contributed by atoms with van der Waals surface area (Å²) in [6.07, 6.45) is 3.23. The standard InChI is InChI=1S/C19H23N5O3/c1-27-11-10-23-17(25)12-24(19(23)26)14-6-8-22(9-7-14)18-15-4-2-3-5-16(15)20-13-21-18/h2-5,13-14H,6-12H2,1H3. The van der Waals surface area contributed by atoms with E-state index in [-0.39, 0.29) is 24.5 Å². The van der Waals surface area contributed by atoms with Crippen LogP contribution in [0, 0.1) is 0 Å². The van der Waals surface area contributed by atoms with Crippen LogP contribution in [-0.2, 0) is 9.53 Å². The molecule has 1 aromatic carbocycles. The number of amides is 3. The molecule has 2 aliphatic rings. The van der Waals surface area contributed by atoms with Crippen LogP contribution in [0.2, 0.25) is 0 Å². The maximum atomic E-state index is 12.6.